The molecule has 7 N–H and O–H groups in total. The first-order valence-corrected chi connectivity index (χ1v) is 5.28. The van der Waals surface area contributed by atoms with E-state index in [1.807, 2.05) is 0 Å². The molecule has 0 aromatic rings. The summed E-state index contributed by atoms with van der Waals surface area (Å²) in [5.41, 5.74) is 0. The van der Waals surface area contributed by atoms with Crippen LogP contribution >= 0.6 is 8.25 Å². The van der Waals surface area contributed by atoms with E-state index >= 15 is 0 Å². The summed E-state index contributed by atoms with van der Waals surface area (Å²) in [5, 5.41) is 43.1. The molecule has 10 heteroatoms. The molecule has 0 aliphatic rings. The number of hydrogen-bond acceptors (Lipinski definition) is 7. The standard InChI is InChI=1S/C6H12O6.H3O3P/c7-1-3(9)5(11)6(12)4(10)2-8;1-4(2)3/h3,5-9,11-12H,1-2H2;4H,(H2,1,2,3). The summed E-state index contributed by atoms with van der Waals surface area (Å²) >= 11 is 0. The van der Waals surface area contributed by atoms with Crippen molar-refractivity contribution in [2.24, 2.45) is 0 Å². The van der Waals surface area contributed by atoms with Crippen molar-refractivity contribution in [3.8, 4) is 0 Å². The van der Waals surface area contributed by atoms with Gasteiger partial charge in [-0.15, -0.1) is 0 Å². The summed E-state index contributed by atoms with van der Waals surface area (Å²) < 4.78 is 8.74. The topological polar surface area (TPSA) is 176 Å². The summed E-state index contributed by atoms with van der Waals surface area (Å²) in [6.45, 7) is -1.69. The number of carbonyl (C=O) groups is 1. The third-order valence-corrected chi connectivity index (χ3v) is 1.39. The second-order valence-corrected chi connectivity index (χ2v) is 3.16. The van der Waals surface area contributed by atoms with Gasteiger partial charge in [-0.25, -0.2) is 0 Å². The number of ketones is 1. The van der Waals surface area contributed by atoms with Crippen LogP contribution < -0.4 is 0 Å². The van der Waals surface area contributed by atoms with Crippen LogP contribution in [0.25, 0.3) is 0 Å². The lowest BCUT2D eigenvalue weighted by Gasteiger charge is -2.19. The molecule has 0 aliphatic carbocycles. The van der Waals surface area contributed by atoms with Crippen molar-refractivity contribution in [3.05, 3.63) is 0 Å². The zero-order valence-corrected chi connectivity index (χ0v) is 9.09. The van der Waals surface area contributed by atoms with E-state index in [2.05, 4.69) is 0 Å². The first-order valence-electron chi connectivity index (χ1n) is 3.98. The lowest BCUT2D eigenvalue weighted by atomic mass is 10.1. The molecule has 0 fully saturated rings. The van der Waals surface area contributed by atoms with Crippen molar-refractivity contribution >= 4 is 14.0 Å². The van der Waals surface area contributed by atoms with Crippen LogP contribution in [0, 0.1) is 0 Å². The van der Waals surface area contributed by atoms with E-state index in [0.717, 1.165) is 0 Å². The van der Waals surface area contributed by atoms with E-state index in [-0.39, 0.29) is 0 Å². The van der Waals surface area contributed by atoms with E-state index in [1.54, 1.807) is 0 Å². The Hall–Kier alpha value is -0.380. The summed E-state index contributed by atoms with van der Waals surface area (Å²) in [6, 6.07) is 0. The van der Waals surface area contributed by atoms with Crippen LogP contribution in [0.1, 0.15) is 0 Å². The van der Waals surface area contributed by atoms with E-state index in [9.17, 15) is 4.79 Å². The minimum atomic E-state index is -3.13. The highest BCUT2D eigenvalue weighted by Gasteiger charge is 2.28. The summed E-state index contributed by atoms with van der Waals surface area (Å²) in [7, 11) is -3.13. The summed E-state index contributed by atoms with van der Waals surface area (Å²) in [5.74, 6) is -1.00. The molecular formula is C6H15O9P. The number of aliphatic hydroxyl groups is 5. The second kappa shape index (κ2) is 9.82. The third-order valence-electron chi connectivity index (χ3n) is 1.39. The maximum atomic E-state index is 10.5. The largest absolute Gasteiger partial charge is 0.394 e. The molecule has 0 aliphatic heterocycles. The van der Waals surface area contributed by atoms with Crippen molar-refractivity contribution in [2.75, 3.05) is 13.2 Å². The Morgan fingerprint density at radius 2 is 1.50 bits per heavy atom. The van der Waals surface area contributed by atoms with Gasteiger partial charge in [0.2, 0.25) is 0 Å². The highest BCUT2D eigenvalue weighted by molar-refractivity contribution is 7.30. The molecule has 3 unspecified atom stereocenters. The molecule has 9 nitrogen and oxygen atoms in total. The second-order valence-electron chi connectivity index (χ2n) is 2.59. The Morgan fingerprint density at radius 3 is 1.75 bits per heavy atom. The Balaban J connectivity index is 0. The van der Waals surface area contributed by atoms with Crippen LogP contribution in [-0.2, 0) is 9.36 Å². The molecule has 0 rings (SSSR count). The van der Waals surface area contributed by atoms with Crippen molar-refractivity contribution in [2.45, 2.75) is 18.3 Å². The normalized spacial score (nSPS) is 16.0. The van der Waals surface area contributed by atoms with Crippen LogP contribution in [0.3, 0.4) is 0 Å². The van der Waals surface area contributed by atoms with Gasteiger partial charge in [0.25, 0.3) is 0 Å². The maximum Gasteiger partial charge on any atom is 0.314 e. The molecule has 0 saturated carbocycles. The predicted octanol–water partition coefficient (Wildman–Crippen LogP) is -4.02. The fraction of sp³-hybridized carbons (Fsp3) is 0.833. The van der Waals surface area contributed by atoms with Gasteiger partial charge in [-0.2, -0.15) is 0 Å². The molecular weight excluding hydrogens is 247 g/mol. The van der Waals surface area contributed by atoms with Gasteiger partial charge in [-0.3, -0.25) is 9.36 Å². The number of carbonyl (C=O) groups excluding carboxylic acids is 1. The SMILES string of the molecule is O=C(CO)C(O)C(O)C(O)CO.O=[PH](O)O. The average molecular weight is 262 g/mol. The predicted molar refractivity (Wildman–Crippen MR) is 50.6 cm³/mol. The monoisotopic (exact) mass is 262 g/mol. The zero-order valence-electron chi connectivity index (χ0n) is 8.09. The van der Waals surface area contributed by atoms with Gasteiger partial charge in [0.05, 0.1) is 6.61 Å². The highest BCUT2D eigenvalue weighted by atomic mass is 31.1. The quantitative estimate of drug-likeness (QED) is 0.243. The molecule has 0 spiro atoms. The molecule has 16 heavy (non-hydrogen) atoms. The first-order chi connectivity index (χ1) is 7.27. The molecule has 0 amide bonds. The minimum Gasteiger partial charge on any atom is -0.394 e. The first kappa shape index (κ1) is 18.0. The summed E-state index contributed by atoms with van der Waals surface area (Å²) in [4.78, 5) is 24.8. The van der Waals surface area contributed by atoms with Gasteiger partial charge in [0.15, 0.2) is 5.78 Å². The molecule has 0 saturated heterocycles. The lowest BCUT2D eigenvalue weighted by molar-refractivity contribution is -0.142. The molecule has 98 valence electrons. The Morgan fingerprint density at radius 1 is 1.12 bits per heavy atom. The average Bonchev–Trinajstić information content (AvgIpc) is 2.24. The number of aliphatic hydroxyl groups excluding tert-OH is 5. The minimum absolute atomic E-state index is 0.767. The van der Waals surface area contributed by atoms with Gasteiger partial charge in [0.1, 0.15) is 24.9 Å². The van der Waals surface area contributed by atoms with Gasteiger partial charge in [-0.1, -0.05) is 0 Å². The smallest absolute Gasteiger partial charge is 0.314 e. The van der Waals surface area contributed by atoms with Crippen molar-refractivity contribution in [3.63, 3.8) is 0 Å². The van der Waals surface area contributed by atoms with E-state index in [4.69, 9.17) is 39.9 Å². The van der Waals surface area contributed by atoms with Gasteiger partial charge in [-0.05, 0) is 0 Å². The van der Waals surface area contributed by atoms with Crippen molar-refractivity contribution < 1.29 is 44.7 Å². The van der Waals surface area contributed by atoms with Crippen molar-refractivity contribution in [1.29, 1.82) is 0 Å². The Labute approximate surface area is 91.2 Å². The number of Topliss-reactive ketones (excluding diaryl/α,β-unsaturated/α-hetero) is 1. The lowest BCUT2D eigenvalue weighted by Crippen LogP contribution is -2.44. The summed E-state index contributed by atoms with van der Waals surface area (Å²) in [6.07, 6.45) is -5.22. The van der Waals surface area contributed by atoms with Gasteiger partial charge >= 0.3 is 8.25 Å². The van der Waals surface area contributed by atoms with Crippen LogP contribution in [0.4, 0.5) is 0 Å². The maximum absolute atomic E-state index is 10.5. The number of rotatable bonds is 5. The molecule has 0 aromatic heterocycles. The van der Waals surface area contributed by atoms with Crippen molar-refractivity contribution in [1.82, 2.24) is 0 Å². The van der Waals surface area contributed by atoms with Crippen LogP contribution in [0.15, 0.2) is 0 Å². The Bertz CT molecular complexity index is 216. The zero-order chi connectivity index (χ0) is 13.3. The van der Waals surface area contributed by atoms with Crippen LogP contribution in [0.5, 0.6) is 0 Å². The highest BCUT2D eigenvalue weighted by Crippen LogP contribution is 2.00. The third kappa shape index (κ3) is 8.89. The van der Waals surface area contributed by atoms with E-state index in [1.165, 1.54) is 0 Å². The molecule has 0 aromatic carbocycles. The fourth-order valence-electron chi connectivity index (χ4n) is 0.602. The molecule has 0 bridgehead atoms. The Kier molecular flexibility index (Phi) is 11.0. The number of hydrogen-bond donors (Lipinski definition) is 7. The van der Waals surface area contributed by atoms with E-state index < -0.39 is 45.6 Å². The molecule has 0 heterocycles. The van der Waals surface area contributed by atoms with E-state index in [0.29, 0.717) is 0 Å². The fourth-order valence-corrected chi connectivity index (χ4v) is 0.602. The van der Waals surface area contributed by atoms with Crippen LogP contribution in [0.2, 0.25) is 0 Å². The van der Waals surface area contributed by atoms with Gasteiger partial charge < -0.3 is 35.3 Å². The molecule has 0 radical (unpaired) electrons. The van der Waals surface area contributed by atoms with Crippen LogP contribution in [-0.4, -0.2) is 72.6 Å². The van der Waals surface area contributed by atoms with Gasteiger partial charge in [0, 0.05) is 0 Å². The molecule has 3 atom stereocenters.